The Hall–Kier alpha value is -0.940. The van der Waals surface area contributed by atoms with Gasteiger partial charge in [-0.15, -0.1) is 11.3 Å². The smallest absolute Gasteiger partial charge is 0.221 e. The van der Waals surface area contributed by atoms with Crippen molar-refractivity contribution in [2.24, 2.45) is 11.1 Å². The summed E-state index contributed by atoms with van der Waals surface area (Å²) in [6.07, 6.45) is 6.41. The molecule has 0 bridgehead atoms. The number of aryl methyl sites for hydroxylation is 2. The summed E-state index contributed by atoms with van der Waals surface area (Å²) in [6.45, 7) is 6.66. The van der Waals surface area contributed by atoms with Gasteiger partial charge in [0.15, 0.2) is 0 Å². The van der Waals surface area contributed by atoms with Crippen molar-refractivity contribution < 1.29 is 4.79 Å². The van der Waals surface area contributed by atoms with Gasteiger partial charge in [-0.25, -0.2) is 4.98 Å². The van der Waals surface area contributed by atoms with Crippen molar-refractivity contribution >= 4 is 17.2 Å². The van der Waals surface area contributed by atoms with Gasteiger partial charge in [0.25, 0.3) is 0 Å². The first-order valence-electron chi connectivity index (χ1n) is 7.89. The summed E-state index contributed by atoms with van der Waals surface area (Å²) in [5.41, 5.74) is 7.02. The van der Waals surface area contributed by atoms with E-state index in [2.05, 4.69) is 10.3 Å². The molecule has 1 aromatic heterocycles. The fourth-order valence-electron chi connectivity index (χ4n) is 3.40. The van der Waals surface area contributed by atoms with Gasteiger partial charge in [-0.1, -0.05) is 19.3 Å². The lowest BCUT2D eigenvalue weighted by molar-refractivity contribution is -0.124. The van der Waals surface area contributed by atoms with Crippen LogP contribution in [0.4, 0.5) is 0 Å². The molecule has 2 rings (SSSR count). The van der Waals surface area contributed by atoms with Crippen LogP contribution in [0.3, 0.4) is 0 Å². The van der Waals surface area contributed by atoms with Crippen LogP contribution in [-0.2, 0) is 4.79 Å². The van der Waals surface area contributed by atoms with Gasteiger partial charge in [0, 0.05) is 11.3 Å². The Balaban J connectivity index is 1.96. The summed E-state index contributed by atoms with van der Waals surface area (Å²) in [5.74, 6) is 0.125. The second-order valence-electron chi connectivity index (χ2n) is 6.41. The van der Waals surface area contributed by atoms with Crippen molar-refractivity contribution in [1.29, 1.82) is 0 Å². The van der Waals surface area contributed by atoms with E-state index >= 15 is 0 Å². The Kier molecular flexibility index (Phi) is 5.38. The minimum absolute atomic E-state index is 0.0285. The first kappa shape index (κ1) is 16.4. The summed E-state index contributed by atoms with van der Waals surface area (Å²) in [7, 11) is 0. The van der Waals surface area contributed by atoms with Gasteiger partial charge in [0.05, 0.1) is 16.7 Å². The summed E-state index contributed by atoms with van der Waals surface area (Å²) in [5, 5.41) is 4.18. The van der Waals surface area contributed by atoms with Gasteiger partial charge in [-0.05, 0) is 45.6 Å². The number of hydrogen-bond acceptors (Lipinski definition) is 4. The van der Waals surface area contributed by atoms with Gasteiger partial charge in [-0.3, -0.25) is 4.79 Å². The fraction of sp³-hybridized carbons (Fsp3) is 0.750. The van der Waals surface area contributed by atoms with Gasteiger partial charge in [0.2, 0.25) is 5.91 Å². The first-order valence-corrected chi connectivity index (χ1v) is 8.71. The van der Waals surface area contributed by atoms with Crippen LogP contribution in [0.25, 0.3) is 0 Å². The number of nitrogens with two attached hydrogens (primary N) is 1. The quantitative estimate of drug-likeness (QED) is 0.877. The van der Waals surface area contributed by atoms with E-state index in [1.54, 1.807) is 11.3 Å². The predicted molar refractivity (Wildman–Crippen MR) is 87.3 cm³/mol. The van der Waals surface area contributed by atoms with E-state index in [4.69, 9.17) is 5.73 Å². The van der Waals surface area contributed by atoms with E-state index in [1.165, 1.54) is 19.3 Å². The standard InChI is InChI=1S/C16H27N3OS/c1-11-15(21-13(3)18-11)12(2)19-14(20)9-16(10-17)7-5-4-6-8-16/h12H,4-10,17H2,1-3H3,(H,19,20). The zero-order valence-electron chi connectivity index (χ0n) is 13.4. The highest BCUT2D eigenvalue weighted by molar-refractivity contribution is 7.11. The molecule has 118 valence electrons. The molecular weight excluding hydrogens is 282 g/mol. The molecule has 1 unspecified atom stereocenters. The number of aromatic nitrogens is 1. The number of amides is 1. The van der Waals surface area contributed by atoms with E-state index in [1.807, 2.05) is 20.8 Å². The van der Waals surface area contributed by atoms with Gasteiger partial charge >= 0.3 is 0 Å². The van der Waals surface area contributed by atoms with Crippen LogP contribution in [0.15, 0.2) is 0 Å². The third-order valence-electron chi connectivity index (χ3n) is 4.59. The van der Waals surface area contributed by atoms with Crippen molar-refractivity contribution in [3.63, 3.8) is 0 Å². The highest BCUT2D eigenvalue weighted by atomic mass is 32.1. The maximum atomic E-state index is 12.4. The topological polar surface area (TPSA) is 68.0 Å². The second kappa shape index (κ2) is 6.88. The molecule has 5 heteroatoms. The Morgan fingerprint density at radius 2 is 2.05 bits per heavy atom. The monoisotopic (exact) mass is 309 g/mol. The summed E-state index contributed by atoms with van der Waals surface area (Å²) >= 11 is 1.66. The summed E-state index contributed by atoms with van der Waals surface area (Å²) in [4.78, 5) is 18.0. The lowest BCUT2D eigenvalue weighted by atomic mass is 9.71. The number of rotatable bonds is 5. The third kappa shape index (κ3) is 4.04. The highest BCUT2D eigenvalue weighted by Gasteiger charge is 2.33. The van der Waals surface area contributed by atoms with Crippen LogP contribution in [-0.4, -0.2) is 17.4 Å². The van der Waals surface area contributed by atoms with Crippen molar-refractivity contribution in [2.45, 2.75) is 65.3 Å². The van der Waals surface area contributed by atoms with E-state index < -0.39 is 0 Å². The van der Waals surface area contributed by atoms with Crippen LogP contribution in [0, 0.1) is 19.3 Å². The summed E-state index contributed by atoms with van der Waals surface area (Å²) < 4.78 is 0. The first-order chi connectivity index (χ1) is 9.96. The molecular formula is C16H27N3OS. The molecule has 1 atom stereocenters. The summed E-state index contributed by atoms with van der Waals surface area (Å²) in [6, 6.07) is 0.0297. The molecule has 1 amide bonds. The number of nitrogens with zero attached hydrogens (tertiary/aromatic N) is 1. The molecule has 1 fully saturated rings. The van der Waals surface area contributed by atoms with Crippen molar-refractivity contribution in [1.82, 2.24) is 10.3 Å². The van der Waals surface area contributed by atoms with E-state index in [0.29, 0.717) is 13.0 Å². The lowest BCUT2D eigenvalue weighted by Crippen LogP contribution is -2.39. The third-order valence-corrected chi connectivity index (χ3v) is 5.85. The van der Waals surface area contributed by atoms with Gasteiger partial charge < -0.3 is 11.1 Å². The van der Waals surface area contributed by atoms with Crippen LogP contribution in [0.2, 0.25) is 0 Å². The molecule has 0 saturated heterocycles. The van der Waals surface area contributed by atoms with Gasteiger partial charge in [0.1, 0.15) is 0 Å². The van der Waals surface area contributed by atoms with Crippen LogP contribution in [0.1, 0.15) is 67.1 Å². The van der Waals surface area contributed by atoms with E-state index in [0.717, 1.165) is 28.4 Å². The van der Waals surface area contributed by atoms with E-state index in [9.17, 15) is 4.79 Å². The van der Waals surface area contributed by atoms with Crippen LogP contribution in [0.5, 0.6) is 0 Å². The van der Waals surface area contributed by atoms with E-state index in [-0.39, 0.29) is 17.4 Å². The molecule has 1 aliphatic rings. The minimum atomic E-state index is 0.0285. The number of thiazole rings is 1. The highest BCUT2D eigenvalue weighted by Crippen LogP contribution is 2.38. The molecule has 1 aromatic rings. The second-order valence-corrected chi connectivity index (χ2v) is 7.65. The fourth-order valence-corrected chi connectivity index (χ4v) is 4.33. The van der Waals surface area contributed by atoms with Crippen molar-refractivity contribution in [3.8, 4) is 0 Å². The zero-order chi connectivity index (χ0) is 15.5. The SMILES string of the molecule is Cc1nc(C)c(C(C)NC(=O)CC2(CN)CCCCC2)s1. The predicted octanol–water partition coefficient (Wildman–Crippen LogP) is 3.24. The average molecular weight is 309 g/mol. The number of hydrogen-bond donors (Lipinski definition) is 2. The molecule has 3 N–H and O–H groups in total. The average Bonchev–Trinajstić information content (AvgIpc) is 2.78. The molecule has 21 heavy (non-hydrogen) atoms. The number of carbonyl (C=O) groups excluding carboxylic acids is 1. The number of carbonyl (C=O) groups is 1. The zero-order valence-corrected chi connectivity index (χ0v) is 14.2. The van der Waals surface area contributed by atoms with Crippen LogP contribution >= 0.6 is 11.3 Å². The molecule has 0 aromatic carbocycles. The van der Waals surface area contributed by atoms with Crippen molar-refractivity contribution in [2.75, 3.05) is 6.54 Å². The minimum Gasteiger partial charge on any atom is -0.349 e. The molecule has 0 spiro atoms. The maximum Gasteiger partial charge on any atom is 0.221 e. The van der Waals surface area contributed by atoms with Crippen molar-refractivity contribution in [3.05, 3.63) is 15.6 Å². The Labute approximate surface area is 131 Å². The number of nitrogens with one attached hydrogen (secondary N) is 1. The Morgan fingerprint density at radius 3 is 2.57 bits per heavy atom. The molecule has 1 saturated carbocycles. The Morgan fingerprint density at radius 1 is 1.38 bits per heavy atom. The van der Waals surface area contributed by atoms with Gasteiger partial charge in [-0.2, -0.15) is 0 Å². The molecule has 0 aliphatic heterocycles. The lowest BCUT2D eigenvalue weighted by Gasteiger charge is -2.36. The maximum absolute atomic E-state index is 12.4. The molecule has 0 radical (unpaired) electrons. The molecule has 1 heterocycles. The Bertz CT molecular complexity index is 492. The normalized spacial score (nSPS) is 19.2. The van der Waals surface area contributed by atoms with Crippen LogP contribution < -0.4 is 11.1 Å². The molecule has 4 nitrogen and oxygen atoms in total. The molecule has 1 aliphatic carbocycles. The largest absolute Gasteiger partial charge is 0.349 e.